The second kappa shape index (κ2) is 10.9. The van der Waals surface area contributed by atoms with E-state index in [4.69, 9.17) is 21.3 Å². The molecule has 3 aromatic rings. The molecule has 5 N–H and O–H groups in total. The van der Waals surface area contributed by atoms with E-state index in [1.807, 2.05) is 36.4 Å². The Balaban J connectivity index is 0.000000253. The van der Waals surface area contributed by atoms with E-state index in [9.17, 15) is 9.59 Å². The lowest BCUT2D eigenvalue weighted by atomic mass is 10.2. The Bertz CT molecular complexity index is 985. The van der Waals surface area contributed by atoms with Gasteiger partial charge in [-0.1, -0.05) is 60.7 Å². The molecular formula is C23H22N2O4. The van der Waals surface area contributed by atoms with Crippen LogP contribution in [0.5, 0.6) is 0 Å². The first-order valence-corrected chi connectivity index (χ1v) is 8.80. The average molecular weight is 390 g/mol. The summed E-state index contributed by atoms with van der Waals surface area (Å²) < 4.78 is 5.12. The number of carboxylic acid groups (broad SMARTS) is 1. The van der Waals surface area contributed by atoms with Gasteiger partial charge in [-0.15, -0.1) is 0 Å². The summed E-state index contributed by atoms with van der Waals surface area (Å²) in [4.78, 5) is 22.1. The first-order chi connectivity index (χ1) is 14.0. The van der Waals surface area contributed by atoms with Gasteiger partial charge >= 0.3 is 11.9 Å². The van der Waals surface area contributed by atoms with Crippen molar-refractivity contribution in [1.82, 2.24) is 0 Å². The lowest BCUT2D eigenvalue weighted by Crippen LogP contribution is -2.07. The maximum absolute atomic E-state index is 11.7. The van der Waals surface area contributed by atoms with Gasteiger partial charge in [-0.25, -0.2) is 9.59 Å². The van der Waals surface area contributed by atoms with Crippen LogP contribution in [0.15, 0.2) is 84.9 Å². The highest BCUT2D eigenvalue weighted by Crippen LogP contribution is 2.12. The van der Waals surface area contributed by atoms with Gasteiger partial charge in [-0.05, 0) is 35.9 Å². The fourth-order valence-electron chi connectivity index (χ4n) is 2.32. The molecule has 0 saturated heterocycles. The van der Waals surface area contributed by atoms with Crippen molar-refractivity contribution >= 4 is 29.4 Å². The molecule has 0 aromatic heterocycles. The molecule has 0 heterocycles. The first-order valence-electron chi connectivity index (χ1n) is 8.80. The van der Waals surface area contributed by atoms with Crippen molar-refractivity contribution in [3.63, 3.8) is 0 Å². The van der Waals surface area contributed by atoms with Gasteiger partial charge in [-0.2, -0.15) is 0 Å². The summed E-state index contributed by atoms with van der Waals surface area (Å²) in [5.41, 5.74) is 13.4. The van der Waals surface area contributed by atoms with Crippen molar-refractivity contribution in [2.24, 2.45) is 0 Å². The quantitative estimate of drug-likeness (QED) is 0.446. The van der Waals surface area contributed by atoms with Crippen LogP contribution < -0.4 is 11.5 Å². The largest absolute Gasteiger partial charge is 0.478 e. The highest BCUT2D eigenvalue weighted by atomic mass is 16.5. The Morgan fingerprint density at radius 2 is 1.31 bits per heavy atom. The average Bonchev–Trinajstić information content (AvgIpc) is 2.73. The molecule has 3 aromatic carbocycles. The van der Waals surface area contributed by atoms with Gasteiger partial charge in [0, 0.05) is 11.4 Å². The lowest BCUT2D eigenvalue weighted by Gasteiger charge is -2.04. The summed E-state index contributed by atoms with van der Waals surface area (Å²) in [7, 11) is 0. The smallest absolute Gasteiger partial charge is 0.340 e. The predicted octanol–water partition coefficient (Wildman–Crippen LogP) is 4.11. The molecule has 0 aliphatic heterocycles. The number of benzene rings is 3. The molecule has 0 radical (unpaired) electrons. The number of hydrogen-bond donors (Lipinski definition) is 3. The van der Waals surface area contributed by atoms with Crippen molar-refractivity contribution < 1.29 is 19.4 Å². The number of carbonyl (C=O) groups is 2. The number of hydrogen-bond acceptors (Lipinski definition) is 5. The van der Waals surface area contributed by atoms with E-state index in [0.29, 0.717) is 16.9 Å². The van der Waals surface area contributed by atoms with E-state index in [2.05, 4.69) is 0 Å². The van der Waals surface area contributed by atoms with Crippen molar-refractivity contribution in [2.75, 3.05) is 18.1 Å². The Morgan fingerprint density at radius 1 is 0.793 bits per heavy atom. The molecule has 0 aliphatic rings. The number of nitrogen functional groups attached to an aromatic ring is 2. The third-order valence-electron chi connectivity index (χ3n) is 3.79. The third kappa shape index (κ3) is 6.88. The molecule has 3 rings (SSSR count). The van der Waals surface area contributed by atoms with Crippen LogP contribution in [0.25, 0.3) is 6.08 Å². The van der Waals surface area contributed by atoms with E-state index in [1.165, 1.54) is 6.07 Å². The topological polar surface area (TPSA) is 116 Å². The molecule has 6 nitrogen and oxygen atoms in total. The Morgan fingerprint density at radius 3 is 1.83 bits per heavy atom. The summed E-state index contributed by atoms with van der Waals surface area (Å²) >= 11 is 0. The Hall–Kier alpha value is -4.06. The summed E-state index contributed by atoms with van der Waals surface area (Å²) in [6, 6.07) is 23.1. The maximum Gasteiger partial charge on any atom is 0.340 e. The summed E-state index contributed by atoms with van der Waals surface area (Å²) in [5, 5.41) is 8.49. The second-order valence-electron chi connectivity index (χ2n) is 5.89. The predicted molar refractivity (Wildman–Crippen MR) is 114 cm³/mol. The number of anilines is 2. The molecule has 0 fully saturated rings. The van der Waals surface area contributed by atoms with Gasteiger partial charge in [0.05, 0.1) is 11.1 Å². The van der Waals surface area contributed by atoms with Crippen LogP contribution in [0, 0.1) is 0 Å². The highest BCUT2D eigenvalue weighted by molar-refractivity contribution is 5.95. The standard InChI is InChI=1S/C16H15NO2.C7H7NO2/c17-15-11-5-4-10-14(15)16(18)19-12-6-9-13-7-2-1-3-8-13;8-6-4-2-1-3-5(6)7(9)10/h1-11H,12,17H2;1-4H,8H2,(H,9,10). The van der Waals surface area contributed by atoms with Gasteiger partial charge in [0.1, 0.15) is 6.61 Å². The summed E-state index contributed by atoms with van der Waals surface area (Å²) in [5.74, 6) is -1.39. The molecule has 0 bridgehead atoms. The van der Waals surface area contributed by atoms with E-state index in [1.54, 1.807) is 48.5 Å². The second-order valence-corrected chi connectivity index (χ2v) is 5.89. The van der Waals surface area contributed by atoms with Crippen LogP contribution in [0.4, 0.5) is 11.4 Å². The van der Waals surface area contributed by atoms with Gasteiger partial charge in [0.15, 0.2) is 0 Å². The molecule has 29 heavy (non-hydrogen) atoms. The monoisotopic (exact) mass is 390 g/mol. The number of ether oxygens (including phenoxy) is 1. The molecule has 0 unspecified atom stereocenters. The molecule has 0 spiro atoms. The number of carbonyl (C=O) groups excluding carboxylic acids is 1. The van der Waals surface area contributed by atoms with Crippen LogP contribution in [-0.4, -0.2) is 23.7 Å². The molecular weight excluding hydrogens is 368 g/mol. The van der Waals surface area contributed by atoms with Crippen LogP contribution in [-0.2, 0) is 4.74 Å². The number of carboxylic acids is 1. The minimum atomic E-state index is -0.988. The van der Waals surface area contributed by atoms with E-state index >= 15 is 0 Å². The number of aromatic carboxylic acids is 1. The van der Waals surface area contributed by atoms with Crippen molar-refractivity contribution in [3.8, 4) is 0 Å². The Labute approximate surface area is 169 Å². The number of rotatable bonds is 5. The van der Waals surface area contributed by atoms with Crippen LogP contribution >= 0.6 is 0 Å². The summed E-state index contributed by atoms with van der Waals surface area (Å²) in [6.07, 6.45) is 3.70. The normalized spacial score (nSPS) is 10.1. The molecule has 0 atom stereocenters. The molecule has 0 amide bonds. The van der Waals surface area contributed by atoms with Crippen molar-refractivity contribution in [3.05, 3.63) is 102 Å². The van der Waals surface area contributed by atoms with Crippen LogP contribution in [0.3, 0.4) is 0 Å². The molecule has 6 heteroatoms. The minimum Gasteiger partial charge on any atom is -0.478 e. The summed E-state index contributed by atoms with van der Waals surface area (Å²) in [6.45, 7) is 0.224. The van der Waals surface area contributed by atoms with Gasteiger partial charge < -0.3 is 21.3 Å². The fraction of sp³-hybridized carbons (Fsp3) is 0.0435. The van der Waals surface area contributed by atoms with Crippen LogP contribution in [0.2, 0.25) is 0 Å². The number of esters is 1. The first kappa shape index (κ1) is 21.2. The molecule has 0 aliphatic carbocycles. The number of para-hydroxylation sites is 2. The maximum atomic E-state index is 11.7. The third-order valence-corrected chi connectivity index (χ3v) is 3.79. The SMILES string of the molecule is Nc1ccccc1C(=O)O.Nc1ccccc1C(=O)OCC=Cc1ccccc1. The highest BCUT2D eigenvalue weighted by Gasteiger charge is 2.08. The van der Waals surface area contributed by atoms with E-state index < -0.39 is 11.9 Å². The van der Waals surface area contributed by atoms with Gasteiger partial charge in [0.25, 0.3) is 0 Å². The zero-order valence-corrected chi connectivity index (χ0v) is 15.7. The van der Waals surface area contributed by atoms with Gasteiger partial charge in [0.2, 0.25) is 0 Å². The molecule has 0 saturated carbocycles. The zero-order chi connectivity index (χ0) is 21.1. The number of nitrogens with two attached hydrogens (primary N) is 2. The van der Waals surface area contributed by atoms with E-state index in [0.717, 1.165) is 5.56 Å². The van der Waals surface area contributed by atoms with E-state index in [-0.39, 0.29) is 12.2 Å². The zero-order valence-electron chi connectivity index (χ0n) is 15.7. The minimum absolute atomic E-state index is 0.155. The van der Waals surface area contributed by atoms with Crippen LogP contribution in [0.1, 0.15) is 26.3 Å². The van der Waals surface area contributed by atoms with Crippen molar-refractivity contribution in [1.29, 1.82) is 0 Å². The lowest BCUT2D eigenvalue weighted by molar-refractivity contribution is 0.0550. The Kier molecular flexibility index (Phi) is 8.01. The van der Waals surface area contributed by atoms with Crippen molar-refractivity contribution in [2.45, 2.75) is 0 Å². The fourth-order valence-corrected chi connectivity index (χ4v) is 2.32. The van der Waals surface area contributed by atoms with Gasteiger partial charge in [-0.3, -0.25) is 0 Å². The molecule has 148 valence electrons.